The summed E-state index contributed by atoms with van der Waals surface area (Å²) in [6.07, 6.45) is 2.67. The van der Waals surface area contributed by atoms with E-state index in [2.05, 4.69) is 42.0 Å². The molecule has 2 aliphatic heterocycles. The summed E-state index contributed by atoms with van der Waals surface area (Å²) in [5.74, 6) is 0. The highest BCUT2D eigenvalue weighted by molar-refractivity contribution is 5.34. The van der Waals surface area contributed by atoms with Gasteiger partial charge in [-0.2, -0.15) is 0 Å². The van der Waals surface area contributed by atoms with Crippen LogP contribution in [0.15, 0.2) is 18.2 Å². The van der Waals surface area contributed by atoms with Crippen molar-refractivity contribution < 1.29 is 0 Å². The fourth-order valence-electron chi connectivity index (χ4n) is 3.17. The lowest BCUT2D eigenvalue weighted by Gasteiger charge is -2.34. The van der Waals surface area contributed by atoms with Crippen molar-refractivity contribution in [2.24, 2.45) is 0 Å². The normalized spacial score (nSPS) is 19.1. The molecule has 1 aromatic rings. The molecule has 2 aliphatic rings. The van der Waals surface area contributed by atoms with E-state index in [9.17, 15) is 0 Å². The summed E-state index contributed by atoms with van der Waals surface area (Å²) in [5, 5.41) is 0. The van der Waals surface area contributed by atoms with Crippen LogP contribution >= 0.6 is 0 Å². The van der Waals surface area contributed by atoms with E-state index in [1.54, 1.807) is 11.1 Å². The number of benzene rings is 1. The second-order valence-electron chi connectivity index (χ2n) is 5.71. The fraction of sp³-hybridized carbons (Fsp3) is 0.684. The van der Waals surface area contributed by atoms with Gasteiger partial charge in [0.25, 0.3) is 0 Å². The molecule has 21 heavy (non-hydrogen) atoms. The molecule has 0 unspecified atom stereocenters. The van der Waals surface area contributed by atoms with Gasteiger partial charge in [-0.05, 0) is 51.0 Å². The topological polar surface area (TPSA) is 6.48 Å². The third-order valence-electron chi connectivity index (χ3n) is 4.31. The van der Waals surface area contributed by atoms with Crippen molar-refractivity contribution in [2.75, 3.05) is 20.1 Å². The second-order valence-corrected chi connectivity index (χ2v) is 5.71. The van der Waals surface area contributed by atoms with E-state index >= 15 is 0 Å². The van der Waals surface area contributed by atoms with Gasteiger partial charge in [-0.1, -0.05) is 51.5 Å². The van der Waals surface area contributed by atoms with Crippen LogP contribution in [-0.2, 0) is 13.1 Å². The Morgan fingerprint density at radius 3 is 2.10 bits per heavy atom. The van der Waals surface area contributed by atoms with Crippen LogP contribution in [0.2, 0.25) is 0 Å². The number of rotatable bonds is 1. The number of hydrogen-bond acceptors (Lipinski definition) is 2. The minimum atomic E-state index is 0.805. The van der Waals surface area contributed by atoms with Gasteiger partial charge in [-0.15, -0.1) is 0 Å². The molecular weight excluding hydrogens is 256 g/mol. The van der Waals surface area contributed by atoms with Gasteiger partial charge in [0.1, 0.15) is 0 Å². The minimum absolute atomic E-state index is 0.805. The first kappa shape index (κ1) is 18.2. The maximum absolute atomic E-state index is 2.68. The average Bonchev–Trinajstić information content (AvgIpc) is 2.95. The summed E-state index contributed by atoms with van der Waals surface area (Å²) in [7, 11) is 2.23. The molecule has 2 nitrogen and oxygen atoms in total. The third kappa shape index (κ3) is 4.82. The highest BCUT2D eigenvalue weighted by Crippen LogP contribution is 2.28. The van der Waals surface area contributed by atoms with E-state index in [1.807, 2.05) is 27.7 Å². The quantitative estimate of drug-likeness (QED) is 0.753. The Bertz CT molecular complexity index is 406. The maximum atomic E-state index is 2.68. The van der Waals surface area contributed by atoms with Gasteiger partial charge in [-0.25, -0.2) is 0 Å². The number of fused-ring (bicyclic) bond motifs is 1. The van der Waals surface area contributed by atoms with Gasteiger partial charge in [0.15, 0.2) is 0 Å². The fourth-order valence-corrected chi connectivity index (χ4v) is 3.17. The molecule has 0 saturated carbocycles. The van der Waals surface area contributed by atoms with Gasteiger partial charge in [0.05, 0.1) is 0 Å². The first-order valence-corrected chi connectivity index (χ1v) is 8.73. The summed E-state index contributed by atoms with van der Waals surface area (Å²) in [6.45, 7) is 15.1. The van der Waals surface area contributed by atoms with Crippen molar-refractivity contribution in [1.82, 2.24) is 9.80 Å². The molecule has 3 rings (SSSR count). The molecule has 0 bridgehead atoms. The average molecular weight is 290 g/mol. The van der Waals surface area contributed by atoms with Crippen molar-refractivity contribution in [3.05, 3.63) is 34.9 Å². The summed E-state index contributed by atoms with van der Waals surface area (Å²) in [4.78, 5) is 5.13. The molecule has 2 heterocycles. The number of likely N-dealkylation sites (tertiary alicyclic amines) is 1. The van der Waals surface area contributed by atoms with Gasteiger partial charge in [0, 0.05) is 19.1 Å². The SMILES string of the molecule is CC.CC.Cc1ccc2c(c1)CN(C1CCN(C)CC1)C2. The maximum Gasteiger partial charge on any atom is 0.0243 e. The summed E-state index contributed by atoms with van der Waals surface area (Å²) >= 11 is 0. The predicted molar refractivity (Wildman–Crippen MR) is 93.6 cm³/mol. The highest BCUT2D eigenvalue weighted by atomic mass is 15.2. The number of nitrogens with zero attached hydrogens (tertiary/aromatic N) is 2. The first-order valence-electron chi connectivity index (χ1n) is 8.73. The Balaban J connectivity index is 0.000000510. The molecule has 0 aliphatic carbocycles. The van der Waals surface area contributed by atoms with Crippen molar-refractivity contribution in [2.45, 2.75) is 66.6 Å². The Kier molecular flexibility index (Phi) is 7.98. The summed E-state index contributed by atoms with van der Waals surface area (Å²) < 4.78 is 0. The van der Waals surface area contributed by atoms with Gasteiger partial charge in [0.2, 0.25) is 0 Å². The van der Waals surface area contributed by atoms with Crippen LogP contribution in [0.1, 0.15) is 57.2 Å². The van der Waals surface area contributed by atoms with Gasteiger partial charge >= 0.3 is 0 Å². The van der Waals surface area contributed by atoms with Crippen LogP contribution in [0.3, 0.4) is 0 Å². The Morgan fingerprint density at radius 2 is 1.48 bits per heavy atom. The highest BCUT2D eigenvalue weighted by Gasteiger charge is 2.27. The zero-order valence-electron chi connectivity index (χ0n) is 14.9. The Morgan fingerprint density at radius 1 is 0.905 bits per heavy atom. The van der Waals surface area contributed by atoms with E-state index in [4.69, 9.17) is 0 Å². The van der Waals surface area contributed by atoms with Crippen LogP contribution < -0.4 is 0 Å². The molecule has 0 radical (unpaired) electrons. The summed E-state index contributed by atoms with van der Waals surface area (Å²) in [6, 6.07) is 7.74. The molecule has 1 fully saturated rings. The first-order chi connectivity index (χ1) is 10.2. The smallest absolute Gasteiger partial charge is 0.0243 e. The van der Waals surface area contributed by atoms with Crippen LogP contribution in [0.4, 0.5) is 0 Å². The molecule has 0 atom stereocenters. The molecule has 1 aromatic carbocycles. The van der Waals surface area contributed by atoms with E-state index in [-0.39, 0.29) is 0 Å². The van der Waals surface area contributed by atoms with Gasteiger partial charge < -0.3 is 4.90 Å². The second kappa shape index (κ2) is 9.22. The van der Waals surface area contributed by atoms with E-state index < -0.39 is 0 Å². The van der Waals surface area contributed by atoms with E-state index in [0.29, 0.717) is 0 Å². The Hall–Kier alpha value is -0.860. The molecule has 120 valence electrons. The number of hydrogen-bond donors (Lipinski definition) is 0. The van der Waals surface area contributed by atoms with Crippen LogP contribution in [0.25, 0.3) is 0 Å². The molecular formula is C19H34N2. The van der Waals surface area contributed by atoms with Crippen molar-refractivity contribution in [3.63, 3.8) is 0 Å². The van der Waals surface area contributed by atoms with Crippen molar-refractivity contribution in [3.8, 4) is 0 Å². The third-order valence-corrected chi connectivity index (χ3v) is 4.31. The lowest BCUT2D eigenvalue weighted by Crippen LogP contribution is -2.41. The zero-order valence-corrected chi connectivity index (χ0v) is 14.9. The Labute approximate surface area is 132 Å². The van der Waals surface area contributed by atoms with Crippen LogP contribution in [0.5, 0.6) is 0 Å². The van der Waals surface area contributed by atoms with E-state index in [0.717, 1.165) is 6.04 Å². The number of piperidine rings is 1. The summed E-state index contributed by atoms with van der Waals surface area (Å²) in [5.41, 5.74) is 4.51. The van der Waals surface area contributed by atoms with Gasteiger partial charge in [-0.3, -0.25) is 4.90 Å². The predicted octanol–water partition coefficient (Wildman–Crippen LogP) is 4.46. The molecule has 0 amide bonds. The van der Waals surface area contributed by atoms with Crippen LogP contribution in [0, 0.1) is 6.92 Å². The monoisotopic (exact) mass is 290 g/mol. The molecule has 2 heteroatoms. The number of aryl methyl sites for hydroxylation is 1. The molecule has 0 aromatic heterocycles. The van der Waals surface area contributed by atoms with Crippen molar-refractivity contribution >= 4 is 0 Å². The zero-order chi connectivity index (χ0) is 15.8. The van der Waals surface area contributed by atoms with Crippen LogP contribution in [-0.4, -0.2) is 36.0 Å². The minimum Gasteiger partial charge on any atom is -0.306 e. The molecule has 0 spiro atoms. The largest absolute Gasteiger partial charge is 0.306 e. The lowest BCUT2D eigenvalue weighted by molar-refractivity contribution is 0.120. The lowest BCUT2D eigenvalue weighted by atomic mass is 10.0. The van der Waals surface area contributed by atoms with E-state index in [1.165, 1.54) is 44.6 Å². The molecule has 0 N–H and O–H groups in total. The standard InChI is InChI=1S/C15H22N2.2C2H6/c1-12-3-4-13-10-17(11-14(13)9-12)15-5-7-16(2)8-6-15;2*1-2/h3-4,9,15H,5-8,10-11H2,1-2H3;2*1-2H3. The molecule has 1 saturated heterocycles. The van der Waals surface area contributed by atoms with Crippen molar-refractivity contribution in [1.29, 1.82) is 0 Å².